The van der Waals surface area contributed by atoms with E-state index in [1.807, 2.05) is 6.07 Å². The number of nitrogens with one attached hydrogen (secondary N) is 1. The van der Waals surface area contributed by atoms with E-state index >= 15 is 0 Å². The lowest BCUT2D eigenvalue weighted by atomic mass is 9.85. The summed E-state index contributed by atoms with van der Waals surface area (Å²) < 4.78 is 5.45. The van der Waals surface area contributed by atoms with Crippen molar-refractivity contribution < 1.29 is 4.74 Å². The van der Waals surface area contributed by atoms with Crippen molar-refractivity contribution in [1.29, 1.82) is 0 Å². The monoisotopic (exact) mass is 232 g/mol. The largest absolute Gasteiger partial charge is 0.495 e. The van der Waals surface area contributed by atoms with Gasteiger partial charge in [0.15, 0.2) is 0 Å². The molecule has 0 spiro atoms. The number of ether oxygens (including phenoxy) is 1. The van der Waals surface area contributed by atoms with Gasteiger partial charge >= 0.3 is 0 Å². The van der Waals surface area contributed by atoms with Gasteiger partial charge in [-0.15, -0.1) is 0 Å². The molecular formula is C14H20N2O. The molecule has 1 heterocycles. The molecule has 3 rings (SSSR count). The molecule has 1 aromatic rings. The lowest BCUT2D eigenvalue weighted by Gasteiger charge is -2.33. The highest BCUT2D eigenvalue weighted by atomic mass is 16.5. The first-order valence-electron chi connectivity index (χ1n) is 6.47. The van der Waals surface area contributed by atoms with Crippen LogP contribution in [0.3, 0.4) is 0 Å². The topological polar surface area (TPSA) is 47.3 Å². The number of fused-ring (bicyclic) bond motifs is 1. The molecule has 3 heteroatoms. The number of benzene rings is 1. The number of methoxy groups -OCH3 is 1. The van der Waals surface area contributed by atoms with Gasteiger partial charge in [-0.05, 0) is 43.4 Å². The van der Waals surface area contributed by atoms with Crippen LogP contribution in [0.15, 0.2) is 18.2 Å². The predicted octanol–water partition coefficient (Wildman–Crippen LogP) is 2.33. The first kappa shape index (κ1) is 10.9. The van der Waals surface area contributed by atoms with Gasteiger partial charge in [-0.3, -0.25) is 0 Å². The Labute approximate surface area is 102 Å². The van der Waals surface area contributed by atoms with Crippen molar-refractivity contribution in [2.24, 2.45) is 11.7 Å². The Kier molecular flexibility index (Phi) is 2.71. The molecule has 0 radical (unpaired) electrons. The molecule has 17 heavy (non-hydrogen) atoms. The summed E-state index contributed by atoms with van der Waals surface area (Å²) >= 11 is 0. The zero-order valence-electron chi connectivity index (χ0n) is 10.3. The number of nitrogens with two attached hydrogens (primary N) is 1. The van der Waals surface area contributed by atoms with Crippen molar-refractivity contribution in [2.45, 2.75) is 31.2 Å². The maximum Gasteiger partial charge on any atom is 0.142 e. The number of para-hydroxylation sites is 1. The minimum Gasteiger partial charge on any atom is -0.495 e. The standard InChI is InChI=1S/C14H20N2O/c1-17-13-4-2-3-11-10(8-15)7-12(9-5-6-9)16-14(11)13/h2-4,9-10,12,16H,5-8,15H2,1H3. The molecule has 2 atom stereocenters. The van der Waals surface area contributed by atoms with Gasteiger partial charge < -0.3 is 15.8 Å². The second-order valence-corrected chi connectivity index (χ2v) is 5.18. The summed E-state index contributed by atoms with van der Waals surface area (Å²) in [4.78, 5) is 0. The van der Waals surface area contributed by atoms with Crippen LogP contribution in [0.5, 0.6) is 5.75 Å². The Morgan fingerprint density at radius 1 is 1.41 bits per heavy atom. The molecule has 1 aliphatic heterocycles. The normalized spacial score (nSPS) is 27.2. The van der Waals surface area contributed by atoms with Gasteiger partial charge in [-0.2, -0.15) is 0 Å². The first-order chi connectivity index (χ1) is 8.33. The first-order valence-corrected chi connectivity index (χ1v) is 6.47. The SMILES string of the molecule is COc1cccc2c1NC(C1CC1)CC2CN. The lowest BCUT2D eigenvalue weighted by Crippen LogP contribution is -2.32. The fraction of sp³-hybridized carbons (Fsp3) is 0.571. The highest BCUT2D eigenvalue weighted by molar-refractivity contribution is 5.65. The third-order valence-corrected chi connectivity index (χ3v) is 4.06. The molecule has 2 aliphatic rings. The Bertz CT molecular complexity index is 415. The van der Waals surface area contributed by atoms with E-state index in [9.17, 15) is 0 Å². The quantitative estimate of drug-likeness (QED) is 0.841. The molecule has 0 amide bonds. The van der Waals surface area contributed by atoms with E-state index in [0.29, 0.717) is 12.0 Å². The van der Waals surface area contributed by atoms with Crippen molar-refractivity contribution in [3.05, 3.63) is 23.8 Å². The zero-order valence-corrected chi connectivity index (χ0v) is 10.3. The molecular weight excluding hydrogens is 212 g/mol. The van der Waals surface area contributed by atoms with Gasteiger partial charge in [-0.1, -0.05) is 12.1 Å². The molecule has 0 bridgehead atoms. The smallest absolute Gasteiger partial charge is 0.142 e. The van der Waals surface area contributed by atoms with Crippen LogP contribution in [-0.4, -0.2) is 19.7 Å². The maximum absolute atomic E-state index is 5.92. The van der Waals surface area contributed by atoms with Gasteiger partial charge in [0.25, 0.3) is 0 Å². The molecule has 92 valence electrons. The number of rotatable bonds is 3. The Hall–Kier alpha value is -1.22. The van der Waals surface area contributed by atoms with E-state index in [1.54, 1.807) is 7.11 Å². The average Bonchev–Trinajstić information content (AvgIpc) is 3.20. The van der Waals surface area contributed by atoms with Crippen LogP contribution in [0.4, 0.5) is 5.69 Å². The van der Waals surface area contributed by atoms with E-state index in [2.05, 4.69) is 17.4 Å². The average molecular weight is 232 g/mol. The van der Waals surface area contributed by atoms with Crippen LogP contribution in [0.2, 0.25) is 0 Å². The summed E-state index contributed by atoms with van der Waals surface area (Å²) in [6.07, 6.45) is 3.89. The van der Waals surface area contributed by atoms with E-state index in [-0.39, 0.29) is 0 Å². The van der Waals surface area contributed by atoms with Gasteiger partial charge in [-0.25, -0.2) is 0 Å². The number of hydrogen-bond acceptors (Lipinski definition) is 3. The summed E-state index contributed by atoms with van der Waals surface area (Å²) in [5.74, 6) is 2.28. The van der Waals surface area contributed by atoms with E-state index in [4.69, 9.17) is 10.5 Å². The van der Waals surface area contributed by atoms with Crippen molar-refractivity contribution in [3.63, 3.8) is 0 Å². The second kappa shape index (κ2) is 4.22. The minimum atomic E-state index is 0.479. The van der Waals surface area contributed by atoms with Crippen LogP contribution in [-0.2, 0) is 0 Å². The summed E-state index contributed by atoms with van der Waals surface area (Å²) in [7, 11) is 1.73. The highest BCUT2D eigenvalue weighted by Gasteiger charge is 2.37. The lowest BCUT2D eigenvalue weighted by molar-refractivity contribution is 0.409. The van der Waals surface area contributed by atoms with Gasteiger partial charge in [0.2, 0.25) is 0 Å². The van der Waals surface area contributed by atoms with Gasteiger partial charge in [0, 0.05) is 12.0 Å². The van der Waals surface area contributed by atoms with Crippen molar-refractivity contribution in [2.75, 3.05) is 19.0 Å². The van der Waals surface area contributed by atoms with Gasteiger partial charge in [0.05, 0.1) is 12.8 Å². The number of hydrogen-bond donors (Lipinski definition) is 2. The van der Waals surface area contributed by atoms with Crippen LogP contribution in [0, 0.1) is 5.92 Å². The zero-order chi connectivity index (χ0) is 11.8. The summed E-state index contributed by atoms with van der Waals surface area (Å²) in [6, 6.07) is 6.84. The third kappa shape index (κ3) is 1.89. The van der Waals surface area contributed by atoms with Crippen LogP contribution in [0.1, 0.15) is 30.7 Å². The van der Waals surface area contributed by atoms with Crippen LogP contribution < -0.4 is 15.8 Å². The Morgan fingerprint density at radius 2 is 2.24 bits per heavy atom. The highest BCUT2D eigenvalue weighted by Crippen LogP contribution is 2.45. The fourth-order valence-electron chi connectivity index (χ4n) is 2.92. The Balaban J connectivity index is 1.97. The predicted molar refractivity (Wildman–Crippen MR) is 69.5 cm³/mol. The molecule has 3 N–H and O–H groups in total. The molecule has 1 aliphatic carbocycles. The number of anilines is 1. The molecule has 1 saturated carbocycles. The maximum atomic E-state index is 5.92. The van der Waals surface area contributed by atoms with E-state index in [0.717, 1.165) is 18.2 Å². The molecule has 1 aromatic carbocycles. The molecule has 1 fully saturated rings. The molecule has 2 unspecified atom stereocenters. The molecule has 0 aromatic heterocycles. The van der Waals surface area contributed by atoms with Crippen molar-refractivity contribution in [1.82, 2.24) is 0 Å². The minimum absolute atomic E-state index is 0.479. The van der Waals surface area contributed by atoms with Crippen LogP contribution >= 0.6 is 0 Å². The molecule has 3 nitrogen and oxygen atoms in total. The third-order valence-electron chi connectivity index (χ3n) is 4.06. The second-order valence-electron chi connectivity index (χ2n) is 5.18. The van der Waals surface area contributed by atoms with E-state index in [1.165, 1.54) is 30.5 Å². The van der Waals surface area contributed by atoms with Crippen LogP contribution in [0.25, 0.3) is 0 Å². The van der Waals surface area contributed by atoms with E-state index < -0.39 is 0 Å². The fourth-order valence-corrected chi connectivity index (χ4v) is 2.92. The van der Waals surface area contributed by atoms with Crippen molar-refractivity contribution in [3.8, 4) is 5.75 Å². The summed E-state index contributed by atoms with van der Waals surface area (Å²) in [5.41, 5.74) is 8.42. The van der Waals surface area contributed by atoms with Gasteiger partial charge in [0.1, 0.15) is 5.75 Å². The molecule has 0 saturated heterocycles. The Morgan fingerprint density at radius 3 is 2.88 bits per heavy atom. The van der Waals surface area contributed by atoms with Crippen molar-refractivity contribution >= 4 is 5.69 Å². The summed E-state index contributed by atoms with van der Waals surface area (Å²) in [6.45, 7) is 0.727. The summed E-state index contributed by atoms with van der Waals surface area (Å²) in [5, 5.41) is 3.66.